The number of carbonyl (C=O) groups excluding carboxylic acids is 1. The maximum absolute atomic E-state index is 14.3. The van der Waals surface area contributed by atoms with Crippen LogP contribution in [0.25, 0.3) is 11.0 Å². The number of hydrogen-bond donors (Lipinski definition) is 2. The molecule has 1 aromatic carbocycles. The Hall–Kier alpha value is -4.46. The summed E-state index contributed by atoms with van der Waals surface area (Å²) in [7, 11) is 0. The Kier molecular flexibility index (Phi) is 9.38. The lowest BCUT2D eigenvalue weighted by atomic mass is 10.1. The largest absolute Gasteiger partial charge is 0.418 e. The molecule has 14 heteroatoms. The van der Waals surface area contributed by atoms with E-state index in [-0.39, 0.29) is 58.9 Å². The Bertz CT molecular complexity index is 1600. The maximum Gasteiger partial charge on any atom is 0.418 e. The van der Waals surface area contributed by atoms with Crippen molar-refractivity contribution in [3.8, 4) is 0 Å². The zero-order chi connectivity index (χ0) is 31.5. The molecule has 1 saturated heterocycles. The second-order valence-electron chi connectivity index (χ2n) is 10.7. The Morgan fingerprint density at radius 3 is 2.56 bits per heavy atom. The molecule has 2 unspecified atom stereocenters. The van der Waals surface area contributed by atoms with Crippen LogP contribution in [0, 0.1) is 0 Å². The lowest BCUT2D eigenvalue weighted by Crippen LogP contribution is -2.54. The van der Waals surface area contributed by atoms with Crippen LogP contribution in [0.1, 0.15) is 40.2 Å². The Balaban J connectivity index is 1.81. The number of nitrogens with one attached hydrogen (secondary N) is 2. The van der Waals surface area contributed by atoms with E-state index in [1.54, 1.807) is 43.9 Å². The van der Waals surface area contributed by atoms with Gasteiger partial charge >= 0.3 is 6.18 Å². The topological polar surface area (TPSA) is 113 Å². The lowest BCUT2D eigenvalue weighted by molar-refractivity contribution is -0.137. The van der Waals surface area contributed by atoms with Gasteiger partial charge in [0.05, 0.1) is 12.1 Å². The number of allylic oxidation sites excluding steroid dienone is 3. The van der Waals surface area contributed by atoms with Gasteiger partial charge in [0.2, 0.25) is 12.4 Å². The first-order valence-electron chi connectivity index (χ1n) is 13.9. The zero-order valence-electron chi connectivity index (χ0n) is 24.8. The SMILES string of the molecule is C=CCn1c(=O)c2cnc(Nc3ccc(N4CC(C)NC(C)C4)c(C(F)(F)F)c3)nc2n1C(/C=C\C)=N/N(C=O)C(C)C. The molecule has 1 aliphatic rings. The number of halogens is 3. The number of carbonyl (C=O) groups is 1. The van der Waals surface area contributed by atoms with Gasteiger partial charge in [-0.05, 0) is 58.9 Å². The predicted molar refractivity (Wildman–Crippen MR) is 162 cm³/mol. The summed E-state index contributed by atoms with van der Waals surface area (Å²) in [6.45, 7) is 13.9. The van der Waals surface area contributed by atoms with E-state index in [4.69, 9.17) is 0 Å². The van der Waals surface area contributed by atoms with Crippen molar-refractivity contribution in [3.63, 3.8) is 0 Å². The van der Waals surface area contributed by atoms with Gasteiger partial charge in [-0.3, -0.25) is 9.59 Å². The van der Waals surface area contributed by atoms with Gasteiger partial charge in [0.25, 0.3) is 5.56 Å². The number of rotatable bonds is 9. The zero-order valence-corrected chi connectivity index (χ0v) is 24.8. The summed E-state index contributed by atoms with van der Waals surface area (Å²) in [5.74, 6) is 0.184. The summed E-state index contributed by atoms with van der Waals surface area (Å²) >= 11 is 0. The van der Waals surface area contributed by atoms with Crippen molar-refractivity contribution < 1.29 is 18.0 Å². The number of hydrogen-bond acceptors (Lipinski definition) is 8. The minimum atomic E-state index is -4.60. The normalized spacial score (nSPS) is 18.1. The van der Waals surface area contributed by atoms with E-state index in [9.17, 15) is 22.8 Å². The number of benzene rings is 1. The van der Waals surface area contributed by atoms with Crippen molar-refractivity contribution in [1.82, 2.24) is 29.7 Å². The second-order valence-corrected chi connectivity index (χ2v) is 10.7. The van der Waals surface area contributed by atoms with E-state index >= 15 is 0 Å². The van der Waals surface area contributed by atoms with E-state index in [2.05, 4.69) is 32.3 Å². The van der Waals surface area contributed by atoms with Crippen LogP contribution in [0.15, 0.2) is 59.1 Å². The third-order valence-corrected chi connectivity index (χ3v) is 6.82. The fraction of sp³-hybridized carbons (Fsp3) is 0.414. The molecular weight excluding hydrogens is 563 g/mol. The van der Waals surface area contributed by atoms with Gasteiger partial charge in [0.1, 0.15) is 5.39 Å². The van der Waals surface area contributed by atoms with E-state index in [1.165, 1.54) is 32.7 Å². The molecule has 4 rings (SSSR count). The van der Waals surface area contributed by atoms with Crippen LogP contribution in [-0.4, -0.2) is 67.8 Å². The predicted octanol–water partition coefficient (Wildman–Crippen LogP) is 4.33. The molecule has 1 aliphatic heterocycles. The molecule has 11 nitrogen and oxygen atoms in total. The van der Waals surface area contributed by atoms with E-state index in [0.29, 0.717) is 19.5 Å². The van der Waals surface area contributed by atoms with E-state index in [1.807, 2.05) is 13.8 Å². The smallest absolute Gasteiger partial charge is 0.368 e. The highest BCUT2D eigenvalue weighted by molar-refractivity contribution is 5.99. The van der Waals surface area contributed by atoms with Gasteiger partial charge in [0.15, 0.2) is 11.5 Å². The van der Waals surface area contributed by atoms with Gasteiger partial charge in [-0.2, -0.15) is 23.3 Å². The summed E-state index contributed by atoms with van der Waals surface area (Å²) in [5.41, 5.74) is -0.835. The summed E-state index contributed by atoms with van der Waals surface area (Å²) in [6, 6.07) is 3.81. The number of hydrazone groups is 1. The molecule has 3 heterocycles. The summed E-state index contributed by atoms with van der Waals surface area (Å²) < 4.78 is 45.5. The number of piperazine rings is 1. The highest BCUT2D eigenvalue weighted by Gasteiger charge is 2.36. The number of aromatic nitrogens is 4. The van der Waals surface area contributed by atoms with Gasteiger partial charge in [-0.25, -0.2) is 19.4 Å². The number of anilines is 3. The molecule has 2 atom stereocenters. The van der Waals surface area contributed by atoms with Crippen molar-refractivity contribution >= 4 is 40.6 Å². The van der Waals surface area contributed by atoms with Crippen LogP contribution in [-0.2, 0) is 17.5 Å². The first kappa shape index (κ1) is 31.5. The van der Waals surface area contributed by atoms with Gasteiger partial charge in [-0.15, -0.1) is 6.58 Å². The molecule has 1 amide bonds. The number of nitrogens with zero attached hydrogens (tertiary/aromatic N) is 7. The third-order valence-electron chi connectivity index (χ3n) is 6.82. The van der Waals surface area contributed by atoms with Crippen molar-refractivity contribution in [2.24, 2.45) is 5.10 Å². The standard InChI is InChI=1S/C29H36F3N9O2/c1-7-9-25(37-39(17-42)18(3)4)41-26-22(27(43)40(41)12-8-2)14-33-28(36-26)35-21-10-11-24(23(13-21)29(30,31)32)38-15-19(5)34-20(6)16-38/h7-11,13-14,17-20,34H,2,12,15-16H2,1,3-6H3,(H,33,35,36)/b9-7-,37-25+. The fourth-order valence-corrected chi connectivity index (χ4v) is 5.05. The van der Waals surface area contributed by atoms with Crippen LogP contribution in [0.2, 0.25) is 0 Å². The Morgan fingerprint density at radius 1 is 1.28 bits per heavy atom. The number of amides is 1. The molecule has 0 bridgehead atoms. The molecule has 0 aliphatic carbocycles. The molecule has 0 saturated carbocycles. The van der Waals surface area contributed by atoms with Crippen molar-refractivity contribution in [3.05, 3.63) is 65.1 Å². The maximum atomic E-state index is 14.3. The molecule has 230 valence electrons. The number of fused-ring (bicyclic) bond motifs is 1. The van der Waals surface area contributed by atoms with Crippen molar-refractivity contribution in [2.45, 2.75) is 65.5 Å². The average molecular weight is 600 g/mol. The fourth-order valence-electron chi connectivity index (χ4n) is 5.05. The minimum Gasteiger partial charge on any atom is -0.368 e. The van der Waals surface area contributed by atoms with Crippen LogP contribution in [0.4, 0.5) is 30.5 Å². The summed E-state index contributed by atoms with van der Waals surface area (Å²) in [4.78, 5) is 35.4. The molecule has 2 N–H and O–H groups in total. The van der Waals surface area contributed by atoms with E-state index in [0.717, 1.165) is 6.07 Å². The minimum absolute atomic E-state index is 0.0294. The molecule has 0 radical (unpaired) electrons. The van der Waals surface area contributed by atoms with Gasteiger partial charge < -0.3 is 15.5 Å². The highest BCUT2D eigenvalue weighted by Crippen LogP contribution is 2.39. The van der Waals surface area contributed by atoms with Crippen LogP contribution >= 0.6 is 0 Å². The van der Waals surface area contributed by atoms with E-state index < -0.39 is 17.3 Å². The Morgan fingerprint density at radius 2 is 1.98 bits per heavy atom. The molecule has 3 aromatic rings. The lowest BCUT2D eigenvalue weighted by Gasteiger charge is -2.38. The van der Waals surface area contributed by atoms with Crippen LogP contribution in [0.3, 0.4) is 0 Å². The first-order valence-corrected chi connectivity index (χ1v) is 13.9. The van der Waals surface area contributed by atoms with Gasteiger partial charge in [-0.1, -0.05) is 12.2 Å². The molecule has 0 spiro atoms. The van der Waals surface area contributed by atoms with Crippen molar-refractivity contribution in [2.75, 3.05) is 23.3 Å². The summed E-state index contributed by atoms with van der Waals surface area (Å²) in [5, 5.41) is 12.0. The van der Waals surface area contributed by atoms with Crippen molar-refractivity contribution in [1.29, 1.82) is 0 Å². The first-order chi connectivity index (χ1) is 20.4. The molecule has 2 aromatic heterocycles. The summed E-state index contributed by atoms with van der Waals surface area (Å²) in [6.07, 6.45) is 2.10. The van der Waals surface area contributed by atoms with Crippen LogP contribution in [0.5, 0.6) is 0 Å². The second kappa shape index (κ2) is 12.8. The Labute approximate surface area is 247 Å². The van der Waals surface area contributed by atoms with Gasteiger partial charge in [0, 0.05) is 48.8 Å². The number of alkyl halides is 3. The molecular formula is C29H36F3N9O2. The monoisotopic (exact) mass is 599 g/mol. The highest BCUT2D eigenvalue weighted by atomic mass is 19.4. The van der Waals surface area contributed by atoms with Crippen LogP contribution < -0.4 is 21.1 Å². The molecule has 1 fully saturated rings. The molecule has 43 heavy (non-hydrogen) atoms. The quantitative estimate of drug-likeness (QED) is 0.124. The average Bonchev–Trinajstić information content (AvgIpc) is 3.20. The third kappa shape index (κ3) is 6.79.